The molecule has 2 amide bonds. The predicted molar refractivity (Wildman–Crippen MR) is 82.1 cm³/mol. The van der Waals surface area contributed by atoms with Gasteiger partial charge in [0.2, 0.25) is 0 Å². The molecule has 1 rings (SSSR count). The molecule has 128 valence electrons. The van der Waals surface area contributed by atoms with Crippen molar-refractivity contribution >= 4 is 12.0 Å². The number of alkyl carbamates (subject to hydrolysis) is 1. The molecule has 0 heterocycles. The number of nitrogens with one attached hydrogen (secondary N) is 2. The highest BCUT2D eigenvalue weighted by molar-refractivity contribution is 5.94. The third kappa shape index (κ3) is 7.08. The largest absolute Gasteiger partial charge is 0.450 e. The molecule has 23 heavy (non-hydrogen) atoms. The van der Waals surface area contributed by atoms with E-state index >= 15 is 0 Å². The Morgan fingerprint density at radius 3 is 2.30 bits per heavy atom. The molecule has 1 atom stereocenters. The van der Waals surface area contributed by atoms with Crippen LogP contribution in [0.2, 0.25) is 0 Å². The van der Waals surface area contributed by atoms with Crippen LogP contribution in [0.1, 0.15) is 37.6 Å². The minimum Gasteiger partial charge on any atom is -0.450 e. The molecule has 0 aromatic heterocycles. The monoisotopic (exact) mass is 328 g/mol. The molecule has 0 fully saturated rings. The molecule has 0 spiro atoms. The fourth-order valence-electron chi connectivity index (χ4n) is 2.10. The lowest BCUT2D eigenvalue weighted by atomic mass is 10.0. The zero-order valence-corrected chi connectivity index (χ0v) is 13.5. The van der Waals surface area contributed by atoms with Crippen LogP contribution in [0.25, 0.3) is 0 Å². The molecule has 0 aliphatic rings. The summed E-state index contributed by atoms with van der Waals surface area (Å²) in [7, 11) is 0. The molecule has 5 nitrogen and oxygen atoms in total. The van der Waals surface area contributed by atoms with Gasteiger partial charge in [-0.1, -0.05) is 13.8 Å². The van der Waals surface area contributed by atoms with Crippen molar-refractivity contribution in [3.63, 3.8) is 0 Å². The first-order valence-corrected chi connectivity index (χ1v) is 7.49. The van der Waals surface area contributed by atoms with E-state index in [0.717, 1.165) is 12.1 Å². The average Bonchev–Trinajstić information content (AvgIpc) is 2.43. The summed E-state index contributed by atoms with van der Waals surface area (Å²) < 4.78 is 31.1. The van der Waals surface area contributed by atoms with Gasteiger partial charge in [-0.2, -0.15) is 0 Å². The van der Waals surface area contributed by atoms with E-state index in [9.17, 15) is 18.4 Å². The predicted octanol–water partition coefficient (Wildman–Crippen LogP) is 2.86. The summed E-state index contributed by atoms with van der Waals surface area (Å²) in [6.07, 6.45) is 0.0561. The number of amides is 2. The van der Waals surface area contributed by atoms with Crippen molar-refractivity contribution in [2.75, 3.05) is 13.2 Å². The molecule has 0 aliphatic carbocycles. The van der Waals surface area contributed by atoms with E-state index in [-0.39, 0.29) is 30.7 Å². The first kappa shape index (κ1) is 18.9. The number of hydrogen-bond acceptors (Lipinski definition) is 3. The number of halogens is 2. The second-order valence-electron chi connectivity index (χ2n) is 5.56. The molecule has 7 heteroatoms. The summed E-state index contributed by atoms with van der Waals surface area (Å²) in [5, 5.41) is 5.22. The lowest BCUT2D eigenvalue weighted by Crippen LogP contribution is -2.44. The lowest BCUT2D eigenvalue weighted by molar-refractivity contribution is 0.0943. The number of rotatable bonds is 7. The Labute approximate surface area is 134 Å². The molecule has 0 unspecified atom stereocenters. The van der Waals surface area contributed by atoms with Gasteiger partial charge in [-0.15, -0.1) is 0 Å². The maximum absolute atomic E-state index is 13.1. The normalized spacial score (nSPS) is 11.9. The number of carbonyl (C=O) groups is 2. The Morgan fingerprint density at radius 1 is 1.17 bits per heavy atom. The second-order valence-corrected chi connectivity index (χ2v) is 5.56. The molecular weight excluding hydrogens is 306 g/mol. The van der Waals surface area contributed by atoms with Gasteiger partial charge >= 0.3 is 6.09 Å². The SMILES string of the molecule is CCOC(=O)N[C@@H](CNC(=O)c1cc(F)cc(F)c1)CC(C)C. The zero-order chi connectivity index (χ0) is 17.4. The maximum atomic E-state index is 13.1. The molecule has 2 N–H and O–H groups in total. The Hall–Kier alpha value is -2.18. The van der Waals surface area contributed by atoms with E-state index in [1.54, 1.807) is 6.92 Å². The van der Waals surface area contributed by atoms with E-state index in [1.165, 1.54) is 0 Å². The summed E-state index contributed by atoms with van der Waals surface area (Å²) in [6, 6.07) is 2.26. The number of hydrogen-bond donors (Lipinski definition) is 2. The van der Waals surface area contributed by atoms with E-state index in [4.69, 9.17) is 4.74 Å². The molecule has 1 aromatic carbocycles. The molecule has 0 radical (unpaired) electrons. The molecule has 0 saturated carbocycles. The van der Waals surface area contributed by atoms with Crippen LogP contribution in [0.3, 0.4) is 0 Å². The molecule has 1 aromatic rings. The van der Waals surface area contributed by atoms with Gasteiger partial charge in [-0.25, -0.2) is 13.6 Å². The Balaban J connectivity index is 2.65. The number of carbonyl (C=O) groups excluding carboxylic acids is 2. The van der Waals surface area contributed by atoms with Crippen LogP contribution in [-0.4, -0.2) is 31.2 Å². The van der Waals surface area contributed by atoms with Crippen molar-refractivity contribution in [2.45, 2.75) is 33.2 Å². The first-order chi connectivity index (χ1) is 10.8. The van der Waals surface area contributed by atoms with Crippen molar-refractivity contribution in [3.8, 4) is 0 Å². The van der Waals surface area contributed by atoms with E-state index in [2.05, 4.69) is 10.6 Å². The van der Waals surface area contributed by atoms with Crippen LogP contribution in [0.5, 0.6) is 0 Å². The molecule has 0 bridgehead atoms. The zero-order valence-electron chi connectivity index (χ0n) is 13.5. The minimum absolute atomic E-state index is 0.109. The maximum Gasteiger partial charge on any atom is 0.407 e. The lowest BCUT2D eigenvalue weighted by Gasteiger charge is -2.20. The minimum atomic E-state index is -0.821. The number of ether oxygens (including phenoxy) is 1. The van der Waals surface area contributed by atoms with Crippen molar-refractivity contribution in [2.24, 2.45) is 5.92 Å². The van der Waals surface area contributed by atoms with Crippen LogP contribution < -0.4 is 10.6 Å². The Bertz CT molecular complexity index is 530. The number of benzene rings is 1. The van der Waals surface area contributed by atoms with Gasteiger partial charge in [0.25, 0.3) is 5.91 Å². The highest BCUT2D eigenvalue weighted by Crippen LogP contribution is 2.09. The van der Waals surface area contributed by atoms with Crippen LogP contribution in [0.15, 0.2) is 18.2 Å². The van der Waals surface area contributed by atoms with Gasteiger partial charge in [0.1, 0.15) is 11.6 Å². The van der Waals surface area contributed by atoms with E-state index in [0.29, 0.717) is 12.5 Å². The summed E-state index contributed by atoms with van der Waals surface area (Å²) in [5.41, 5.74) is -0.109. The summed E-state index contributed by atoms with van der Waals surface area (Å²) in [4.78, 5) is 23.5. The van der Waals surface area contributed by atoms with Crippen LogP contribution >= 0.6 is 0 Å². The van der Waals surface area contributed by atoms with Crippen molar-refractivity contribution in [1.29, 1.82) is 0 Å². The quantitative estimate of drug-likeness (QED) is 0.809. The van der Waals surface area contributed by atoms with E-state index in [1.807, 2.05) is 13.8 Å². The van der Waals surface area contributed by atoms with E-state index < -0.39 is 23.6 Å². The van der Waals surface area contributed by atoms with Crippen molar-refractivity contribution < 1.29 is 23.1 Å². The molecular formula is C16H22F2N2O3. The summed E-state index contributed by atoms with van der Waals surface area (Å²) in [6.45, 7) is 6.02. The fourth-order valence-corrected chi connectivity index (χ4v) is 2.10. The summed E-state index contributed by atoms with van der Waals surface area (Å²) in [5.74, 6) is -1.97. The second kappa shape index (κ2) is 9.07. The summed E-state index contributed by atoms with van der Waals surface area (Å²) >= 11 is 0. The van der Waals surface area contributed by atoms with Gasteiger partial charge in [0.05, 0.1) is 6.61 Å². The smallest absolute Gasteiger partial charge is 0.407 e. The standard InChI is InChI=1S/C16H22F2N2O3/c1-4-23-16(22)20-14(5-10(2)3)9-19-15(21)11-6-12(17)8-13(18)7-11/h6-8,10,14H,4-5,9H2,1-3H3,(H,19,21)(H,20,22)/t14-/m1/s1. The van der Waals surface area contributed by atoms with Crippen LogP contribution in [0, 0.1) is 17.6 Å². The fraction of sp³-hybridized carbons (Fsp3) is 0.500. The third-order valence-electron chi connectivity index (χ3n) is 2.99. The van der Waals surface area contributed by atoms with Crippen LogP contribution in [-0.2, 0) is 4.74 Å². The molecule has 0 saturated heterocycles. The highest BCUT2D eigenvalue weighted by atomic mass is 19.1. The van der Waals surface area contributed by atoms with Gasteiger partial charge < -0.3 is 15.4 Å². The Morgan fingerprint density at radius 2 is 1.78 bits per heavy atom. The van der Waals surface area contributed by atoms with Gasteiger partial charge in [-0.05, 0) is 31.4 Å². The van der Waals surface area contributed by atoms with Crippen molar-refractivity contribution in [3.05, 3.63) is 35.4 Å². The van der Waals surface area contributed by atoms with Gasteiger partial charge in [0, 0.05) is 24.2 Å². The van der Waals surface area contributed by atoms with Gasteiger partial charge in [0.15, 0.2) is 0 Å². The van der Waals surface area contributed by atoms with Gasteiger partial charge in [-0.3, -0.25) is 4.79 Å². The molecule has 0 aliphatic heterocycles. The highest BCUT2D eigenvalue weighted by Gasteiger charge is 2.17. The average molecular weight is 328 g/mol. The Kier molecular flexibility index (Phi) is 7.44. The third-order valence-corrected chi connectivity index (χ3v) is 2.99. The first-order valence-electron chi connectivity index (χ1n) is 7.49. The topological polar surface area (TPSA) is 67.4 Å². The van der Waals surface area contributed by atoms with Crippen LogP contribution in [0.4, 0.5) is 13.6 Å². The van der Waals surface area contributed by atoms with Crippen molar-refractivity contribution in [1.82, 2.24) is 10.6 Å².